The molecule has 0 spiro atoms. The lowest BCUT2D eigenvalue weighted by atomic mass is 9.99. The van der Waals surface area contributed by atoms with Crippen molar-refractivity contribution in [2.75, 3.05) is 33.4 Å². The van der Waals surface area contributed by atoms with Gasteiger partial charge in [-0.3, -0.25) is 4.79 Å². The Labute approximate surface area is 97.3 Å². The van der Waals surface area contributed by atoms with Gasteiger partial charge in [0, 0.05) is 26.8 Å². The van der Waals surface area contributed by atoms with Gasteiger partial charge in [-0.05, 0) is 38.1 Å². The summed E-state index contributed by atoms with van der Waals surface area (Å²) in [6, 6.07) is 0.0739. The van der Waals surface area contributed by atoms with Crippen LogP contribution in [-0.2, 0) is 9.53 Å². The van der Waals surface area contributed by atoms with Gasteiger partial charge in [0.2, 0.25) is 5.91 Å². The zero-order chi connectivity index (χ0) is 11.4. The van der Waals surface area contributed by atoms with Crippen LogP contribution in [0.15, 0.2) is 0 Å². The molecule has 2 saturated heterocycles. The third-order valence-electron chi connectivity index (χ3n) is 3.61. The van der Waals surface area contributed by atoms with E-state index in [9.17, 15) is 4.79 Å². The molecule has 0 aromatic heterocycles. The van der Waals surface area contributed by atoms with Crippen molar-refractivity contribution < 1.29 is 9.53 Å². The fraction of sp³-hybridized carbons (Fsp3) is 0.917. The average molecular weight is 226 g/mol. The van der Waals surface area contributed by atoms with E-state index in [2.05, 4.69) is 5.32 Å². The van der Waals surface area contributed by atoms with Crippen LogP contribution < -0.4 is 5.32 Å². The minimum absolute atomic E-state index is 0.0739. The van der Waals surface area contributed by atoms with Crippen molar-refractivity contribution >= 4 is 5.91 Å². The number of rotatable bonds is 3. The monoisotopic (exact) mass is 226 g/mol. The van der Waals surface area contributed by atoms with E-state index in [0.717, 1.165) is 52.0 Å². The molecule has 4 heteroatoms. The first-order chi connectivity index (χ1) is 7.77. The molecule has 0 unspecified atom stereocenters. The van der Waals surface area contributed by atoms with E-state index in [1.165, 1.54) is 0 Å². The number of likely N-dealkylation sites (N-methyl/N-ethyl adjacent to an activating group) is 1. The minimum Gasteiger partial charge on any atom is -0.381 e. The summed E-state index contributed by atoms with van der Waals surface area (Å²) in [6.45, 7) is 3.59. The molecule has 0 radical (unpaired) electrons. The Bertz CT molecular complexity index is 233. The van der Waals surface area contributed by atoms with Crippen molar-refractivity contribution in [1.82, 2.24) is 10.2 Å². The van der Waals surface area contributed by atoms with Gasteiger partial charge in [-0.2, -0.15) is 0 Å². The van der Waals surface area contributed by atoms with Crippen molar-refractivity contribution in [1.29, 1.82) is 0 Å². The fourth-order valence-corrected chi connectivity index (χ4v) is 2.57. The molecule has 1 atom stereocenters. The van der Waals surface area contributed by atoms with Crippen LogP contribution in [-0.4, -0.2) is 50.2 Å². The van der Waals surface area contributed by atoms with Crippen LogP contribution >= 0.6 is 0 Å². The van der Waals surface area contributed by atoms with Crippen molar-refractivity contribution in [3.05, 3.63) is 0 Å². The molecule has 0 aromatic carbocycles. The molecule has 0 aromatic rings. The maximum absolute atomic E-state index is 12.1. The summed E-state index contributed by atoms with van der Waals surface area (Å²) in [7, 11) is 1.93. The largest absolute Gasteiger partial charge is 0.381 e. The third kappa shape index (κ3) is 2.95. The average Bonchev–Trinajstić information content (AvgIpc) is 2.83. The third-order valence-corrected chi connectivity index (χ3v) is 3.61. The zero-order valence-electron chi connectivity index (χ0n) is 10.1. The molecule has 16 heavy (non-hydrogen) atoms. The standard InChI is InChI=1S/C12H22N2O2/c1-14(9-10-4-7-16-8-5-10)12(15)11-3-2-6-13-11/h10-11,13H,2-9H2,1H3/t11-/m1/s1. The van der Waals surface area contributed by atoms with Gasteiger partial charge in [0.05, 0.1) is 6.04 Å². The molecule has 0 bridgehead atoms. The van der Waals surface area contributed by atoms with Crippen LogP contribution in [0.4, 0.5) is 0 Å². The van der Waals surface area contributed by atoms with Crippen LogP contribution in [0.1, 0.15) is 25.7 Å². The molecule has 2 heterocycles. The van der Waals surface area contributed by atoms with E-state index in [4.69, 9.17) is 4.74 Å². The molecule has 2 aliphatic heterocycles. The molecule has 2 fully saturated rings. The quantitative estimate of drug-likeness (QED) is 0.767. The summed E-state index contributed by atoms with van der Waals surface area (Å²) in [5.74, 6) is 0.896. The number of nitrogens with zero attached hydrogens (tertiary/aromatic N) is 1. The summed E-state index contributed by atoms with van der Waals surface area (Å²) in [5.41, 5.74) is 0. The van der Waals surface area contributed by atoms with E-state index in [-0.39, 0.29) is 11.9 Å². The van der Waals surface area contributed by atoms with Crippen LogP contribution in [0.5, 0.6) is 0 Å². The number of nitrogens with one attached hydrogen (secondary N) is 1. The molecular weight excluding hydrogens is 204 g/mol. The highest BCUT2D eigenvalue weighted by Gasteiger charge is 2.26. The Morgan fingerprint density at radius 3 is 2.75 bits per heavy atom. The summed E-state index contributed by atoms with van der Waals surface area (Å²) in [4.78, 5) is 14.0. The van der Waals surface area contributed by atoms with Crippen LogP contribution in [0.2, 0.25) is 0 Å². The molecule has 1 amide bonds. The Kier molecular flexibility index (Phi) is 4.18. The number of carbonyl (C=O) groups excluding carboxylic acids is 1. The fourth-order valence-electron chi connectivity index (χ4n) is 2.57. The minimum atomic E-state index is 0.0739. The smallest absolute Gasteiger partial charge is 0.239 e. The van der Waals surface area contributed by atoms with Gasteiger partial charge in [-0.15, -0.1) is 0 Å². The second-order valence-electron chi connectivity index (χ2n) is 4.92. The highest BCUT2D eigenvalue weighted by Crippen LogP contribution is 2.16. The number of hydrogen-bond donors (Lipinski definition) is 1. The maximum Gasteiger partial charge on any atom is 0.239 e. The van der Waals surface area contributed by atoms with Crippen LogP contribution in [0.25, 0.3) is 0 Å². The Hall–Kier alpha value is -0.610. The number of carbonyl (C=O) groups is 1. The SMILES string of the molecule is CN(CC1CCOCC1)C(=O)[C@H]1CCCN1. The lowest BCUT2D eigenvalue weighted by Gasteiger charge is -2.28. The second-order valence-corrected chi connectivity index (χ2v) is 4.92. The first-order valence-corrected chi connectivity index (χ1v) is 6.33. The summed E-state index contributed by atoms with van der Waals surface area (Å²) >= 11 is 0. The second kappa shape index (κ2) is 5.64. The van der Waals surface area contributed by atoms with Crippen molar-refractivity contribution in [3.63, 3.8) is 0 Å². The maximum atomic E-state index is 12.1. The summed E-state index contributed by atoms with van der Waals surface area (Å²) < 4.78 is 5.33. The van der Waals surface area contributed by atoms with Gasteiger partial charge in [0.15, 0.2) is 0 Å². The molecule has 2 aliphatic rings. The van der Waals surface area contributed by atoms with Gasteiger partial charge in [0.1, 0.15) is 0 Å². The Balaban J connectivity index is 1.77. The lowest BCUT2D eigenvalue weighted by Crippen LogP contribution is -2.44. The van der Waals surface area contributed by atoms with Crippen molar-refractivity contribution in [2.45, 2.75) is 31.7 Å². The van der Waals surface area contributed by atoms with Gasteiger partial charge in [0.25, 0.3) is 0 Å². The first kappa shape index (κ1) is 11.9. The summed E-state index contributed by atoms with van der Waals surface area (Å²) in [5, 5.41) is 3.26. The van der Waals surface area contributed by atoms with E-state index >= 15 is 0 Å². The van der Waals surface area contributed by atoms with Gasteiger partial charge < -0.3 is 15.0 Å². The van der Waals surface area contributed by atoms with E-state index < -0.39 is 0 Å². The molecule has 0 saturated carbocycles. The van der Waals surface area contributed by atoms with Gasteiger partial charge >= 0.3 is 0 Å². The molecular formula is C12H22N2O2. The first-order valence-electron chi connectivity index (χ1n) is 6.33. The van der Waals surface area contributed by atoms with Crippen LogP contribution in [0, 0.1) is 5.92 Å². The summed E-state index contributed by atoms with van der Waals surface area (Å²) in [6.07, 6.45) is 4.31. The number of amides is 1. The number of ether oxygens (including phenoxy) is 1. The molecule has 2 rings (SSSR count). The van der Waals surface area contributed by atoms with E-state index in [1.807, 2.05) is 11.9 Å². The highest BCUT2D eigenvalue weighted by atomic mass is 16.5. The Morgan fingerprint density at radius 1 is 1.38 bits per heavy atom. The van der Waals surface area contributed by atoms with E-state index in [0.29, 0.717) is 5.92 Å². The normalized spacial score (nSPS) is 26.9. The molecule has 92 valence electrons. The topological polar surface area (TPSA) is 41.6 Å². The predicted molar refractivity (Wildman–Crippen MR) is 62.2 cm³/mol. The van der Waals surface area contributed by atoms with E-state index in [1.54, 1.807) is 0 Å². The lowest BCUT2D eigenvalue weighted by molar-refractivity contribution is -0.132. The van der Waals surface area contributed by atoms with Crippen LogP contribution in [0.3, 0.4) is 0 Å². The zero-order valence-corrected chi connectivity index (χ0v) is 10.1. The van der Waals surface area contributed by atoms with Crippen molar-refractivity contribution in [3.8, 4) is 0 Å². The predicted octanol–water partition coefficient (Wildman–Crippen LogP) is 0.623. The molecule has 4 nitrogen and oxygen atoms in total. The Morgan fingerprint density at radius 2 is 2.12 bits per heavy atom. The van der Waals surface area contributed by atoms with Gasteiger partial charge in [-0.25, -0.2) is 0 Å². The molecule has 1 N–H and O–H groups in total. The van der Waals surface area contributed by atoms with Crippen molar-refractivity contribution in [2.24, 2.45) is 5.92 Å². The highest BCUT2D eigenvalue weighted by molar-refractivity contribution is 5.81. The number of hydrogen-bond acceptors (Lipinski definition) is 3. The van der Waals surface area contributed by atoms with Gasteiger partial charge in [-0.1, -0.05) is 0 Å². The molecule has 0 aliphatic carbocycles.